The number of amides is 4. The first-order chi connectivity index (χ1) is 16.9. The lowest BCUT2D eigenvalue weighted by molar-refractivity contribution is -0.137. The van der Waals surface area contributed by atoms with E-state index < -0.39 is 66.1 Å². The summed E-state index contributed by atoms with van der Waals surface area (Å²) in [6, 6.07) is 1.51. The van der Waals surface area contributed by atoms with Crippen LogP contribution in [0.5, 0.6) is 0 Å². The number of benzene rings is 1. The molecule has 0 aliphatic heterocycles. The van der Waals surface area contributed by atoms with Gasteiger partial charge in [-0.2, -0.15) is 0 Å². The van der Waals surface area contributed by atoms with Crippen molar-refractivity contribution in [3.63, 3.8) is 0 Å². The van der Waals surface area contributed by atoms with E-state index in [9.17, 15) is 33.7 Å². The Bertz CT molecular complexity index is 1010. The molecule has 0 heterocycles. The molecule has 1 aromatic rings. The van der Waals surface area contributed by atoms with Crippen LogP contribution in [0.4, 0.5) is 5.69 Å². The number of aliphatic carboxylic acids is 1. The van der Waals surface area contributed by atoms with Crippen molar-refractivity contribution in [3.05, 3.63) is 34.7 Å². The maximum absolute atomic E-state index is 12.4. The molecule has 196 valence electrons. The average Bonchev–Trinajstić information content (AvgIpc) is 2.84. The molecule has 14 nitrogen and oxygen atoms in total. The van der Waals surface area contributed by atoms with Crippen molar-refractivity contribution in [2.24, 2.45) is 10.9 Å². The highest BCUT2D eigenvalue weighted by molar-refractivity contribution is 6.03. The lowest BCUT2D eigenvalue weighted by atomic mass is 10.1. The molecule has 0 radical (unpaired) electrons. The van der Waals surface area contributed by atoms with Crippen LogP contribution in [-0.4, -0.2) is 71.2 Å². The van der Waals surface area contributed by atoms with Crippen molar-refractivity contribution < 1.29 is 33.9 Å². The van der Waals surface area contributed by atoms with Gasteiger partial charge in [0.15, 0.2) is 5.78 Å². The number of ketones is 1. The molecule has 0 aliphatic carbocycles. The topological polar surface area (TPSA) is 226 Å². The van der Waals surface area contributed by atoms with Crippen LogP contribution in [0.15, 0.2) is 29.4 Å². The van der Waals surface area contributed by atoms with E-state index >= 15 is 0 Å². The fourth-order valence-corrected chi connectivity index (χ4v) is 2.81. The molecule has 7 N–H and O–H groups in total. The largest absolute Gasteiger partial charge is 0.481 e. The van der Waals surface area contributed by atoms with E-state index in [0.29, 0.717) is 0 Å². The van der Waals surface area contributed by atoms with Crippen molar-refractivity contribution in [1.29, 1.82) is 0 Å². The predicted octanol–water partition coefficient (Wildman–Crippen LogP) is -0.910. The van der Waals surface area contributed by atoms with Gasteiger partial charge in [0.1, 0.15) is 23.8 Å². The van der Waals surface area contributed by atoms with Crippen LogP contribution in [0.2, 0.25) is 0 Å². The minimum atomic E-state index is -1.12. The lowest BCUT2D eigenvalue weighted by Gasteiger charge is -2.21. The summed E-state index contributed by atoms with van der Waals surface area (Å²) in [5.74, 6) is -4.47. The second-order valence-electron chi connectivity index (χ2n) is 7.98. The molecule has 14 heteroatoms. The summed E-state index contributed by atoms with van der Waals surface area (Å²) in [6.45, 7) is 3.66. The highest BCUT2D eigenvalue weighted by atomic mass is 16.4. The molecule has 1 aromatic carbocycles. The maximum atomic E-state index is 12.4. The Hall–Kier alpha value is -4.20. The third kappa shape index (κ3) is 9.58. The Balaban J connectivity index is 2.51. The molecule has 0 saturated heterocycles. The number of hydrogen-bond acceptors (Lipinski definition) is 9. The number of nitrogens with two attached hydrogens (primary N) is 1. The first kappa shape index (κ1) is 29.8. The first-order valence-electron chi connectivity index (χ1n) is 11.0. The second-order valence-corrected chi connectivity index (χ2v) is 7.98. The number of nitrogens with one attached hydrogen (secondary N) is 4. The Morgan fingerprint density at radius 2 is 1.36 bits per heavy atom. The van der Waals surface area contributed by atoms with Crippen LogP contribution < -0.4 is 27.0 Å². The normalized spacial score (nSPS) is 13.8. The van der Waals surface area contributed by atoms with Crippen LogP contribution >= 0.6 is 0 Å². The van der Waals surface area contributed by atoms with Crippen LogP contribution in [0.25, 0.3) is 0 Å². The molecule has 1 rings (SSSR count). The maximum Gasteiger partial charge on any atom is 0.303 e. The number of nitrogens with zero attached hydrogens (tertiary/aromatic N) is 1. The van der Waals surface area contributed by atoms with Gasteiger partial charge in [0.05, 0.1) is 12.6 Å². The summed E-state index contributed by atoms with van der Waals surface area (Å²) in [4.78, 5) is 82.5. The number of carboxylic acids is 1. The number of hydrogen-bond donors (Lipinski definition) is 6. The highest BCUT2D eigenvalue weighted by Gasteiger charge is 2.25. The van der Waals surface area contributed by atoms with Gasteiger partial charge in [-0.25, -0.2) is 0 Å². The number of carbonyl (C=O) groups is 6. The summed E-state index contributed by atoms with van der Waals surface area (Å²) in [5.41, 5.74) is 5.57. The fourth-order valence-electron chi connectivity index (χ4n) is 2.81. The number of nitroso groups, excluding NO2 is 1. The van der Waals surface area contributed by atoms with Crippen molar-refractivity contribution in [1.82, 2.24) is 21.3 Å². The standard InChI is InChI=1S/C22H30N6O8/c1-11(19(32)24-10-17(29)14-6-4-5-7-16(14)28-36)25-20(33)12(2)26-21(34)13(3)27-22(35)15(23)8-9-18(30)31/h4-7,11-13,15H,8-10,23H2,1-3H3,(H,24,32)(H,25,33)(H,26,34)(H,27,35)(H,30,31)/t11-,12-,13-,15-/m0/s1. The average molecular weight is 507 g/mol. The molecule has 4 atom stereocenters. The molecular weight excluding hydrogens is 476 g/mol. The molecule has 0 saturated carbocycles. The van der Waals surface area contributed by atoms with E-state index in [-0.39, 0.29) is 24.1 Å². The van der Waals surface area contributed by atoms with Gasteiger partial charge in [-0.3, -0.25) is 28.8 Å². The van der Waals surface area contributed by atoms with Gasteiger partial charge in [0, 0.05) is 12.0 Å². The summed E-state index contributed by atoms with van der Waals surface area (Å²) < 4.78 is 0. The molecule has 0 bridgehead atoms. The van der Waals surface area contributed by atoms with E-state index in [2.05, 4.69) is 26.4 Å². The predicted molar refractivity (Wildman–Crippen MR) is 127 cm³/mol. The van der Waals surface area contributed by atoms with Crippen LogP contribution in [-0.2, 0) is 24.0 Å². The number of rotatable bonds is 14. The SMILES string of the molecule is C[C@H](NC(=O)[C@H](C)NC(=O)[C@H](C)NC(=O)[C@@H](N)CCC(=O)O)C(=O)NCC(=O)c1ccccc1N=O. The molecule has 0 spiro atoms. The lowest BCUT2D eigenvalue weighted by Crippen LogP contribution is -2.56. The molecule has 0 aliphatic rings. The Kier molecular flexibility index (Phi) is 11.8. The number of carboxylic acid groups (broad SMARTS) is 1. The third-order valence-corrected chi connectivity index (χ3v) is 4.99. The van der Waals surface area contributed by atoms with Crippen molar-refractivity contribution >= 4 is 41.1 Å². The quantitative estimate of drug-likeness (QED) is 0.135. The zero-order valence-electron chi connectivity index (χ0n) is 20.1. The summed E-state index contributed by atoms with van der Waals surface area (Å²) in [7, 11) is 0. The smallest absolute Gasteiger partial charge is 0.303 e. The van der Waals surface area contributed by atoms with E-state index in [4.69, 9.17) is 10.8 Å². The Labute approximate surface area is 206 Å². The molecular formula is C22H30N6O8. The highest BCUT2D eigenvalue weighted by Crippen LogP contribution is 2.18. The van der Waals surface area contributed by atoms with E-state index in [1.165, 1.54) is 39.0 Å². The fraction of sp³-hybridized carbons (Fsp3) is 0.455. The Morgan fingerprint density at radius 3 is 1.89 bits per heavy atom. The summed E-state index contributed by atoms with van der Waals surface area (Å²) >= 11 is 0. The van der Waals surface area contributed by atoms with E-state index in [1.807, 2.05) is 0 Å². The van der Waals surface area contributed by atoms with Crippen molar-refractivity contribution in [2.45, 2.75) is 57.8 Å². The third-order valence-electron chi connectivity index (χ3n) is 4.99. The van der Waals surface area contributed by atoms with E-state index in [1.54, 1.807) is 6.07 Å². The van der Waals surface area contributed by atoms with Crippen LogP contribution in [0, 0.1) is 4.91 Å². The minimum absolute atomic E-state index is 0.0462. The van der Waals surface area contributed by atoms with Gasteiger partial charge in [-0.1, -0.05) is 12.1 Å². The van der Waals surface area contributed by atoms with Gasteiger partial charge >= 0.3 is 5.97 Å². The monoisotopic (exact) mass is 506 g/mol. The molecule has 0 fully saturated rings. The Morgan fingerprint density at radius 1 is 0.861 bits per heavy atom. The molecule has 4 amide bonds. The van der Waals surface area contributed by atoms with Gasteiger partial charge in [-0.05, 0) is 44.5 Å². The first-order valence-corrected chi connectivity index (χ1v) is 11.0. The summed E-state index contributed by atoms with van der Waals surface area (Å²) in [6.07, 6.45) is -0.421. The van der Waals surface area contributed by atoms with Gasteiger partial charge < -0.3 is 32.1 Å². The molecule has 0 aromatic heterocycles. The molecule has 36 heavy (non-hydrogen) atoms. The second kappa shape index (κ2) is 14.3. The van der Waals surface area contributed by atoms with Crippen LogP contribution in [0.1, 0.15) is 44.0 Å². The van der Waals surface area contributed by atoms with Gasteiger partial charge in [0.25, 0.3) is 0 Å². The number of Topliss-reactive ketones (excluding diaryl/α,β-unsaturated/α-hetero) is 1. The van der Waals surface area contributed by atoms with Gasteiger partial charge in [-0.15, -0.1) is 4.91 Å². The van der Waals surface area contributed by atoms with Crippen molar-refractivity contribution in [2.75, 3.05) is 6.54 Å². The number of carbonyl (C=O) groups excluding carboxylic acids is 5. The summed E-state index contributed by atoms with van der Waals surface area (Å²) in [5, 5.41) is 20.9. The zero-order chi connectivity index (χ0) is 27.4. The van der Waals surface area contributed by atoms with Crippen molar-refractivity contribution in [3.8, 4) is 0 Å². The zero-order valence-corrected chi connectivity index (χ0v) is 20.1. The van der Waals surface area contributed by atoms with Crippen LogP contribution in [0.3, 0.4) is 0 Å². The minimum Gasteiger partial charge on any atom is -0.481 e. The van der Waals surface area contributed by atoms with E-state index in [0.717, 1.165) is 0 Å². The van der Waals surface area contributed by atoms with Gasteiger partial charge in [0.2, 0.25) is 23.6 Å². The molecule has 0 unspecified atom stereocenters.